The second-order valence-corrected chi connectivity index (χ2v) is 6.60. The molecule has 3 N–H and O–H groups in total. The van der Waals surface area contributed by atoms with Gasteiger partial charge in [-0.15, -0.1) is 12.4 Å². The normalized spacial score (nSPS) is 20.5. The van der Waals surface area contributed by atoms with Crippen molar-refractivity contribution in [2.24, 2.45) is 11.1 Å². The van der Waals surface area contributed by atoms with Crippen molar-refractivity contribution < 1.29 is 9.72 Å². The Morgan fingerprint density at radius 3 is 2.75 bits per heavy atom. The van der Waals surface area contributed by atoms with E-state index in [9.17, 15) is 14.9 Å². The van der Waals surface area contributed by atoms with Gasteiger partial charge in [0.2, 0.25) is 5.91 Å². The fourth-order valence-corrected chi connectivity index (χ4v) is 2.86. The SMILES string of the molecule is Cc1cc([N+](=O)[O-])ccc1NC(=O)CCN1CCC(C)(CN)C1.Cl. The fraction of sp³-hybridized carbons (Fsp3) is 0.562. The van der Waals surface area contributed by atoms with Crippen molar-refractivity contribution in [3.8, 4) is 0 Å². The molecule has 24 heavy (non-hydrogen) atoms. The fourth-order valence-electron chi connectivity index (χ4n) is 2.86. The number of amides is 1. The zero-order valence-corrected chi connectivity index (χ0v) is 14.9. The van der Waals surface area contributed by atoms with Crippen LogP contribution in [-0.2, 0) is 4.79 Å². The highest BCUT2D eigenvalue weighted by molar-refractivity contribution is 5.91. The molecule has 1 aromatic rings. The number of hydrogen-bond acceptors (Lipinski definition) is 5. The number of anilines is 1. The van der Waals surface area contributed by atoms with Crippen molar-refractivity contribution in [1.82, 2.24) is 4.90 Å². The topological polar surface area (TPSA) is 102 Å². The van der Waals surface area contributed by atoms with Gasteiger partial charge >= 0.3 is 0 Å². The number of nitrogens with zero attached hydrogens (tertiary/aromatic N) is 2. The van der Waals surface area contributed by atoms with E-state index < -0.39 is 4.92 Å². The summed E-state index contributed by atoms with van der Waals surface area (Å²) in [7, 11) is 0. The molecule has 0 bridgehead atoms. The number of nitro benzene ring substituents is 1. The van der Waals surface area contributed by atoms with Crippen molar-refractivity contribution in [3.63, 3.8) is 0 Å². The van der Waals surface area contributed by atoms with E-state index in [1.165, 1.54) is 12.1 Å². The maximum Gasteiger partial charge on any atom is 0.269 e. The number of nitrogens with two attached hydrogens (primary N) is 1. The predicted octanol–water partition coefficient (Wildman–Crippen LogP) is 2.32. The number of carbonyl (C=O) groups is 1. The molecule has 0 spiro atoms. The highest BCUT2D eigenvalue weighted by Gasteiger charge is 2.32. The van der Waals surface area contributed by atoms with Gasteiger partial charge in [0.1, 0.15) is 0 Å². The molecule has 7 nitrogen and oxygen atoms in total. The number of hydrogen-bond donors (Lipinski definition) is 2. The minimum atomic E-state index is -0.444. The van der Waals surface area contributed by atoms with E-state index in [1.54, 1.807) is 13.0 Å². The molecule has 8 heteroatoms. The lowest BCUT2D eigenvalue weighted by Crippen LogP contribution is -2.32. The number of nitro groups is 1. The Bertz CT molecular complexity index is 611. The molecule has 1 aliphatic rings. The summed E-state index contributed by atoms with van der Waals surface area (Å²) < 4.78 is 0. The van der Waals surface area contributed by atoms with E-state index in [1.807, 2.05) is 0 Å². The molecule has 1 saturated heterocycles. The summed E-state index contributed by atoms with van der Waals surface area (Å²) in [5, 5.41) is 13.5. The highest BCUT2D eigenvalue weighted by atomic mass is 35.5. The second-order valence-electron chi connectivity index (χ2n) is 6.60. The Morgan fingerprint density at radius 1 is 1.50 bits per heavy atom. The summed E-state index contributed by atoms with van der Waals surface area (Å²) in [6.45, 7) is 7.18. The van der Waals surface area contributed by atoms with E-state index in [0.717, 1.165) is 19.5 Å². The van der Waals surface area contributed by atoms with Crippen molar-refractivity contribution in [2.45, 2.75) is 26.7 Å². The highest BCUT2D eigenvalue weighted by Crippen LogP contribution is 2.28. The van der Waals surface area contributed by atoms with Crippen LogP contribution in [0.3, 0.4) is 0 Å². The first-order valence-corrected chi connectivity index (χ1v) is 7.80. The van der Waals surface area contributed by atoms with Crippen LogP contribution in [0.5, 0.6) is 0 Å². The number of nitrogens with one attached hydrogen (secondary N) is 1. The van der Waals surface area contributed by atoms with Crippen LogP contribution in [0.25, 0.3) is 0 Å². The van der Waals surface area contributed by atoms with Crippen LogP contribution in [-0.4, -0.2) is 41.9 Å². The average molecular weight is 357 g/mol. The van der Waals surface area contributed by atoms with E-state index in [-0.39, 0.29) is 29.4 Å². The van der Waals surface area contributed by atoms with Gasteiger partial charge in [0, 0.05) is 37.3 Å². The van der Waals surface area contributed by atoms with E-state index in [2.05, 4.69) is 17.1 Å². The van der Waals surface area contributed by atoms with E-state index in [0.29, 0.717) is 30.8 Å². The van der Waals surface area contributed by atoms with Gasteiger partial charge in [-0.05, 0) is 43.5 Å². The number of likely N-dealkylation sites (tertiary alicyclic amines) is 1. The van der Waals surface area contributed by atoms with Crippen molar-refractivity contribution in [1.29, 1.82) is 0 Å². The lowest BCUT2D eigenvalue weighted by molar-refractivity contribution is -0.384. The number of rotatable bonds is 6. The number of non-ortho nitro benzene ring substituents is 1. The zero-order chi connectivity index (χ0) is 17.0. The summed E-state index contributed by atoms with van der Waals surface area (Å²) in [6.07, 6.45) is 1.46. The maximum absolute atomic E-state index is 12.1. The monoisotopic (exact) mass is 356 g/mol. The van der Waals surface area contributed by atoms with E-state index >= 15 is 0 Å². The molecule has 1 aliphatic heterocycles. The second kappa shape index (κ2) is 8.41. The summed E-state index contributed by atoms with van der Waals surface area (Å²) in [5.41, 5.74) is 7.27. The first-order valence-electron chi connectivity index (χ1n) is 7.80. The Labute approximate surface area is 148 Å². The van der Waals surface area contributed by atoms with Crippen molar-refractivity contribution in [2.75, 3.05) is 31.5 Å². The van der Waals surface area contributed by atoms with Crippen LogP contribution in [0.1, 0.15) is 25.3 Å². The molecule has 1 heterocycles. The molecule has 2 rings (SSSR count). The summed E-state index contributed by atoms with van der Waals surface area (Å²) in [6, 6.07) is 4.44. The summed E-state index contributed by atoms with van der Waals surface area (Å²) >= 11 is 0. The predicted molar refractivity (Wildman–Crippen MR) is 96.5 cm³/mol. The van der Waals surface area contributed by atoms with Crippen LogP contribution >= 0.6 is 12.4 Å². The number of carbonyl (C=O) groups excluding carboxylic acids is 1. The number of benzene rings is 1. The largest absolute Gasteiger partial charge is 0.330 e. The van der Waals surface area contributed by atoms with Gasteiger partial charge in [-0.2, -0.15) is 0 Å². The first-order chi connectivity index (χ1) is 10.8. The van der Waals surface area contributed by atoms with Crippen molar-refractivity contribution >= 4 is 29.7 Å². The lowest BCUT2D eigenvalue weighted by Gasteiger charge is -2.22. The molecule has 0 aliphatic carbocycles. The smallest absolute Gasteiger partial charge is 0.269 e. The van der Waals surface area contributed by atoms with Gasteiger partial charge in [0.15, 0.2) is 0 Å². The number of aryl methyl sites for hydroxylation is 1. The Hall–Kier alpha value is -1.70. The molecular formula is C16H25ClN4O3. The lowest BCUT2D eigenvalue weighted by atomic mass is 9.90. The van der Waals surface area contributed by atoms with Crippen LogP contribution in [0.15, 0.2) is 18.2 Å². The Kier molecular flexibility index (Phi) is 7.13. The third-order valence-electron chi connectivity index (χ3n) is 4.48. The van der Waals surface area contributed by atoms with Gasteiger partial charge in [-0.1, -0.05) is 6.92 Å². The summed E-state index contributed by atoms with van der Waals surface area (Å²) in [4.78, 5) is 24.6. The zero-order valence-electron chi connectivity index (χ0n) is 14.1. The number of halogens is 1. The van der Waals surface area contributed by atoms with Gasteiger partial charge in [-0.3, -0.25) is 14.9 Å². The quantitative estimate of drug-likeness (QED) is 0.601. The molecule has 134 valence electrons. The molecule has 1 aromatic carbocycles. The molecule has 0 saturated carbocycles. The molecule has 0 aromatic heterocycles. The third-order valence-corrected chi connectivity index (χ3v) is 4.48. The molecule has 1 amide bonds. The van der Waals surface area contributed by atoms with Crippen molar-refractivity contribution in [3.05, 3.63) is 33.9 Å². The Balaban J connectivity index is 0.00000288. The van der Waals surface area contributed by atoms with E-state index in [4.69, 9.17) is 5.73 Å². The molecule has 0 radical (unpaired) electrons. The Morgan fingerprint density at radius 2 is 2.21 bits per heavy atom. The van der Waals surface area contributed by atoms with Gasteiger partial charge in [-0.25, -0.2) is 0 Å². The molecular weight excluding hydrogens is 332 g/mol. The molecule has 1 atom stereocenters. The summed E-state index contributed by atoms with van der Waals surface area (Å²) in [5.74, 6) is -0.0803. The van der Waals surface area contributed by atoms with Crippen LogP contribution in [0.4, 0.5) is 11.4 Å². The molecule has 1 unspecified atom stereocenters. The average Bonchev–Trinajstić information content (AvgIpc) is 2.89. The van der Waals surface area contributed by atoms with Crippen LogP contribution in [0.2, 0.25) is 0 Å². The third kappa shape index (κ3) is 5.15. The van der Waals surface area contributed by atoms with Gasteiger partial charge in [0.25, 0.3) is 5.69 Å². The minimum absolute atomic E-state index is 0. The van der Waals surface area contributed by atoms with Gasteiger partial charge < -0.3 is 16.0 Å². The van der Waals surface area contributed by atoms with Gasteiger partial charge in [0.05, 0.1) is 4.92 Å². The van der Waals surface area contributed by atoms with Crippen LogP contribution in [0, 0.1) is 22.5 Å². The first kappa shape index (κ1) is 20.3. The van der Waals surface area contributed by atoms with Crippen LogP contribution < -0.4 is 11.1 Å². The standard InChI is InChI=1S/C16H24N4O3.ClH/c1-12-9-13(20(22)23)3-4-14(12)18-15(21)5-7-19-8-6-16(2,10-17)11-19;/h3-4,9H,5-8,10-11,17H2,1-2H3,(H,18,21);1H. The minimum Gasteiger partial charge on any atom is -0.330 e. The maximum atomic E-state index is 12.1. The molecule has 1 fully saturated rings.